The smallest absolute Gasteiger partial charge is 0.122 e. The van der Waals surface area contributed by atoms with Crippen LogP contribution in [0.4, 0.5) is 0 Å². The molecule has 1 aromatic rings. The quantitative estimate of drug-likeness (QED) is 0.811. The van der Waals surface area contributed by atoms with Gasteiger partial charge in [0.2, 0.25) is 0 Å². The fraction of sp³-hybridized carbons (Fsp3) is 0.571. The molecular formula is C14H22O4. The lowest BCUT2D eigenvalue weighted by atomic mass is 9.98. The fourth-order valence-corrected chi connectivity index (χ4v) is 1.89. The molecular weight excluding hydrogens is 232 g/mol. The van der Waals surface area contributed by atoms with Gasteiger partial charge in [-0.05, 0) is 30.0 Å². The van der Waals surface area contributed by atoms with E-state index in [0.29, 0.717) is 30.4 Å². The Morgan fingerprint density at radius 2 is 1.61 bits per heavy atom. The zero-order valence-electron chi connectivity index (χ0n) is 11.5. The predicted molar refractivity (Wildman–Crippen MR) is 70.2 cm³/mol. The highest BCUT2D eigenvalue weighted by Gasteiger charge is 2.14. The molecule has 0 spiro atoms. The minimum Gasteiger partial charge on any atom is -0.497 e. The van der Waals surface area contributed by atoms with Gasteiger partial charge >= 0.3 is 0 Å². The van der Waals surface area contributed by atoms with E-state index in [1.807, 2.05) is 19.1 Å². The topological polar surface area (TPSA) is 47.9 Å². The lowest BCUT2D eigenvalue weighted by Crippen LogP contribution is -2.09. The Balaban J connectivity index is 2.80. The number of hydrogen-bond donors (Lipinski definition) is 1. The molecule has 2 atom stereocenters. The molecule has 1 aromatic carbocycles. The molecule has 0 aliphatic heterocycles. The van der Waals surface area contributed by atoms with Gasteiger partial charge in [-0.15, -0.1) is 0 Å². The third-order valence-corrected chi connectivity index (χ3v) is 2.84. The van der Waals surface area contributed by atoms with Crippen molar-refractivity contribution in [1.29, 1.82) is 0 Å². The number of ether oxygens (including phenoxy) is 3. The second-order valence-corrected chi connectivity index (χ2v) is 4.46. The van der Waals surface area contributed by atoms with Gasteiger partial charge < -0.3 is 19.3 Å². The van der Waals surface area contributed by atoms with Crippen molar-refractivity contribution in [2.24, 2.45) is 5.92 Å². The summed E-state index contributed by atoms with van der Waals surface area (Å²) in [6.45, 7) is 2.68. The molecule has 0 aliphatic carbocycles. The lowest BCUT2D eigenvalue weighted by Gasteiger charge is -2.17. The number of rotatable bonds is 7. The van der Waals surface area contributed by atoms with Crippen LogP contribution in [0.2, 0.25) is 0 Å². The molecule has 0 radical (unpaired) electrons. The molecule has 0 aliphatic rings. The third-order valence-electron chi connectivity index (χ3n) is 2.84. The Morgan fingerprint density at radius 1 is 1.06 bits per heavy atom. The summed E-state index contributed by atoms with van der Waals surface area (Å²) < 4.78 is 15.4. The third kappa shape index (κ3) is 4.20. The van der Waals surface area contributed by atoms with Crippen LogP contribution in [0, 0.1) is 5.92 Å². The maximum atomic E-state index is 10.2. The molecule has 2 unspecified atom stereocenters. The standard InChI is InChI=1S/C14H22O4/c1-10(9-16-2)5-14(15)11-6-12(17-3)8-13(7-11)18-4/h6-8,10,14-15H,5,9H2,1-4H3. The molecule has 0 fully saturated rings. The van der Waals surface area contributed by atoms with E-state index in [9.17, 15) is 5.11 Å². The van der Waals surface area contributed by atoms with E-state index < -0.39 is 6.10 Å². The monoisotopic (exact) mass is 254 g/mol. The summed E-state index contributed by atoms with van der Waals surface area (Å²) in [6.07, 6.45) is 0.101. The van der Waals surface area contributed by atoms with Gasteiger partial charge in [-0.2, -0.15) is 0 Å². The van der Waals surface area contributed by atoms with Crippen molar-refractivity contribution in [2.45, 2.75) is 19.4 Å². The number of benzene rings is 1. The average molecular weight is 254 g/mol. The minimum atomic E-state index is -0.542. The van der Waals surface area contributed by atoms with E-state index >= 15 is 0 Å². The van der Waals surface area contributed by atoms with E-state index in [1.54, 1.807) is 27.4 Å². The summed E-state index contributed by atoms with van der Waals surface area (Å²) in [5.41, 5.74) is 0.800. The van der Waals surface area contributed by atoms with Crippen molar-refractivity contribution >= 4 is 0 Å². The van der Waals surface area contributed by atoms with Crippen molar-refractivity contribution < 1.29 is 19.3 Å². The highest BCUT2D eigenvalue weighted by atomic mass is 16.5. The second-order valence-electron chi connectivity index (χ2n) is 4.46. The van der Waals surface area contributed by atoms with Crippen molar-refractivity contribution in [1.82, 2.24) is 0 Å². The Kier molecular flexibility index (Phi) is 5.95. The average Bonchev–Trinajstić information content (AvgIpc) is 2.38. The van der Waals surface area contributed by atoms with Gasteiger partial charge in [0.1, 0.15) is 11.5 Å². The molecule has 0 bridgehead atoms. The Hall–Kier alpha value is -1.26. The number of aliphatic hydroxyl groups excluding tert-OH is 1. The minimum absolute atomic E-state index is 0.294. The van der Waals surface area contributed by atoms with Crippen molar-refractivity contribution in [2.75, 3.05) is 27.9 Å². The highest BCUT2D eigenvalue weighted by Crippen LogP contribution is 2.29. The van der Waals surface area contributed by atoms with Gasteiger partial charge in [0.15, 0.2) is 0 Å². The molecule has 102 valence electrons. The molecule has 0 saturated heterocycles. The first-order valence-corrected chi connectivity index (χ1v) is 6.00. The zero-order valence-corrected chi connectivity index (χ0v) is 11.5. The first-order valence-electron chi connectivity index (χ1n) is 6.00. The summed E-state index contributed by atoms with van der Waals surface area (Å²) in [5.74, 6) is 1.66. The number of methoxy groups -OCH3 is 3. The molecule has 18 heavy (non-hydrogen) atoms. The van der Waals surface area contributed by atoms with Crippen LogP contribution in [0.1, 0.15) is 25.0 Å². The molecule has 4 heteroatoms. The molecule has 4 nitrogen and oxygen atoms in total. The normalized spacial score (nSPS) is 14.1. The second kappa shape index (κ2) is 7.24. The molecule has 1 rings (SSSR count). The molecule has 0 amide bonds. The van der Waals surface area contributed by atoms with E-state index in [0.717, 1.165) is 5.56 Å². The Bertz CT molecular complexity index is 343. The van der Waals surface area contributed by atoms with Crippen molar-refractivity contribution in [3.8, 4) is 11.5 Å². The van der Waals surface area contributed by atoms with Gasteiger partial charge in [-0.3, -0.25) is 0 Å². The van der Waals surface area contributed by atoms with Crippen molar-refractivity contribution in [3.05, 3.63) is 23.8 Å². The van der Waals surface area contributed by atoms with Gasteiger partial charge in [0.05, 0.1) is 20.3 Å². The fourth-order valence-electron chi connectivity index (χ4n) is 1.89. The summed E-state index contributed by atoms with van der Waals surface area (Å²) in [5, 5.41) is 10.2. The summed E-state index contributed by atoms with van der Waals surface area (Å²) in [4.78, 5) is 0. The number of hydrogen-bond acceptors (Lipinski definition) is 4. The first-order chi connectivity index (χ1) is 8.60. The van der Waals surface area contributed by atoms with Crippen LogP contribution in [-0.4, -0.2) is 33.0 Å². The van der Waals surface area contributed by atoms with Gasteiger partial charge in [-0.25, -0.2) is 0 Å². The zero-order chi connectivity index (χ0) is 13.5. The van der Waals surface area contributed by atoms with Crippen LogP contribution in [0.5, 0.6) is 11.5 Å². The maximum Gasteiger partial charge on any atom is 0.122 e. The largest absolute Gasteiger partial charge is 0.497 e. The lowest BCUT2D eigenvalue weighted by molar-refractivity contribution is 0.101. The molecule has 0 saturated carbocycles. The SMILES string of the molecule is COCC(C)CC(O)c1cc(OC)cc(OC)c1. The van der Waals surface area contributed by atoms with Crippen LogP contribution in [0.3, 0.4) is 0 Å². The van der Waals surface area contributed by atoms with Crippen LogP contribution in [0.25, 0.3) is 0 Å². The Labute approximate surface area is 108 Å². The first kappa shape index (κ1) is 14.8. The summed E-state index contributed by atoms with van der Waals surface area (Å²) in [7, 11) is 4.86. The van der Waals surface area contributed by atoms with Crippen LogP contribution >= 0.6 is 0 Å². The molecule has 0 aromatic heterocycles. The summed E-state index contributed by atoms with van der Waals surface area (Å²) >= 11 is 0. The Morgan fingerprint density at radius 3 is 2.06 bits per heavy atom. The van der Waals surface area contributed by atoms with E-state index in [2.05, 4.69) is 0 Å². The molecule has 0 heterocycles. The predicted octanol–water partition coefficient (Wildman–Crippen LogP) is 2.41. The number of aliphatic hydroxyl groups is 1. The molecule has 1 N–H and O–H groups in total. The van der Waals surface area contributed by atoms with E-state index in [4.69, 9.17) is 14.2 Å². The van der Waals surface area contributed by atoms with E-state index in [-0.39, 0.29) is 0 Å². The van der Waals surface area contributed by atoms with Gasteiger partial charge in [0, 0.05) is 19.8 Å². The van der Waals surface area contributed by atoms with Crippen molar-refractivity contribution in [3.63, 3.8) is 0 Å². The van der Waals surface area contributed by atoms with Gasteiger partial charge in [0.25, 0.3) is 0 Å². The summed E-state index contributed by atoms with van der Waals surface area (Å²) in [6, 6.07) is 5.44. The van der Waals surface area contributed by atoms with Crippen LogP contribution in [-0.2, 0) is 4.74 Å². The van der Waals surface area contributed by atoms with Crippen LogP contribution in [0.15, 0.2) is 18.2 Å². The van der Waals surface area contributed by atoms with Crippen LogP contribution < -0.4 is 9.47 Å². The maximum absolute atomic E-state index is 10.2. The highest BCUT2D eigenvalue weighted by molar-refractivity contribution is 5.39. The van der Waals surface area contributed by atoms with Gasteiger partial charge in [-0.1, -0.05) is 6.92 Å². The van der Waals surface area contributed by atoms with E-state index in [1.165, 1.54) is 0 Å².